The molecule has 6 aliphatic carbocycles. The second-order valence-electron chi connectivity index (χ2n) is 21.5. The van der Waals surface area contributed by atoms with Gasteiger partial charge in [-0.3, -0.25) is 9.59 Å². The van der Waals surface area contributed by atoms with E-state index in [0.29, 0.717) is 58.5 Å². The van der Waals surface area contributed by atoms with E-state index in [0.717, 1.165) is 101 Å². The minimum absolute atomic E-state index is 0.00709. The highest BCUT2D eigenvalue weighted by molar-refractivity contribution is 5.94. The fourth-order valence-corrected chi connectivity index (χ4v) is 14.8. The molecule has 2 amide bonds. The highest BCUT2D eigenvalue weighted by Crippen LogP contribution is 2.61. The Morgan fingerprint density at radius 3 is 1.40 bits per heavy atom. The van der Waals surface area contributed by atoms with E-state index in [-0.39, 0.29) is 47.7 Å². The normalized spacial score (nSPS) is 29.9. The van der Waals surface area contributed by atoms with Crippen molar-refractivity contribution >= 4 is 23.2 Å². The van der Waals surface area contributed by atoms with Crippen molar-refractivity contribution < 1.29 is 29.3 Å². The van der Waals surface area contributed by atoms with Crippen molar-refractivity contribution in [2.75, 3.05) is 13.2 Å². The van der Waals surface area contributed by atoms with Crippen LogP contribution in [-0.2, 0) is 22.4 Å². The summed E-state index contributed by atoms with van der Waals surface area (Å²) < 4.78 is 11.9. The summed E-state index contributed by atoms with van der Waals surface area (Å²) >= 11 is 0. The van der Waals surface area contributed by atoms with Gasteiger partial charge in [0.1, 0.15) is 23.0 Å². The molecule has 10 atom stereocenters. The standard InChI is InChI=1S/C58H70N4O6/c1-5-43(35-7-15-41(16-8-35)67-33-55(65)61-59-53-25-23-51-49-19-11-37-31-39(63)13-21-45(37)47(49)27-29-57(51,53)3)44(6-2)36-9-17-42(18-10-36)68-34-56(66)62-60-54-26-24-52-50-20-12-38-32-40(64)14-22-46(38)48(50)28-30-58(52,54)4/h7-10,13-18,21-22,31-32,43-44,47-52,63-64H,5-6,11-12,19-20,23-30,33-34H2,1-4H3,(H,61,65)(H,62,66)/b59-53-,60-54+. The molecule has 0 aliphatic heterocycles. The molecule has 6 aliphatic rings. The van der Waals surface area contributed by atoms with Gasteiger partial charge in [0.15, 0.2) is 13.2 Å². The van der Waals surface area contributed by atoms with Gasteiger partial charge in [-0.1, -0.05) is 64.1 Å². The van der Waals surface area contributed by atoms with Crippen LogP contribution in [0.3, 0.4) is 0 Å². The van der Waals surface area contributed by atoms with Crippen LogP contribution < -0.4 is 20.3 Å². The van der Waals surface area contributed by atoms with Gasteiger partial charge in [-0.2, -0.15) is 10.2 Å². The Balaban J connectivity index is 0.685. The van der Waals surface area contributed by atoms with Gasteiger partial charge in [-0.25, -0.2) is 10.9 Å². The number of aromatic hydroxyl groups is 2. The first kappa shape index (κ1) is 46.1. The van der Waals surface area contributed by atoms with Crippen LogP contribution in [-0.4, -0.2) is 46.7 Å². The van der Waals surface area contributed by atoms with Gasteiger partial charge in [-0.15, -0.1) is 0 Å². The first-order chi connectivity index (χ1) is 32.9. The van der Waals surface area contributed by atoms with E-state index in [9.17, 15) is 19.8 Å². The zero-order valence-corrected chi connectivity index (χ0v) is 40.4. The molecule has 4 fully saturated rings. The van der Waals surface area contributed by atoms with E-state index in [1.807, 2.05) is 48.5 Å². The molecule has 10 rings (SSSR count). The zero-order chi connectivity index (χ0) is 47.2. The first-order valence-corrected chi connectivity index (χ1v) is 25.8. The predicted octanol–water partition coefficient (Wildman–Crippen LogP) is 11.6. The lowest BCUT2D eigenvalue weighted by Crippen LogP contribution is -2.43. The van der Waals surface area contributed by atoms with Crippen molar-refractivity contribution in [1.82, 2.24) is 10.9 Å². The number of phenolic OH excluding ortho intramolecular Hbond substituents is 2. The number of nitrogens with zero attached hydrogens (tertiary/aromatic N) is 2. The Bertz CT molecular complexity index is 2390. The number of hydrogen-bond donors (Lipinski definition) is 4. The van der Waals surface area contributed by atoms with E-state index < -0.39 is 0 Å². The van der Waals surface area contributed by atoms with Crippen LogP contribution in [0.1, 0.15) is 162 Å². The van der Waals surface area contributed by atoms with Crippen LogP contribution in [0.15, 0.2) is 95.1 Å². The Labute approximate surface area is 402 Å². The molecule has 4 aromatic carbocycles. The Kier molecular flexibility index (Phi) is 12.9. The van der Waals surface area contributed by atoms with Gasteiger partial charge in [0, 0.05) is 22.3 Å². The second kappa shape index (κ2) is 19.0. The van der Waals surface area contributed by atoms with Crippen molar-refractivity contribution in [2.45, 2.75) is 141 Å². The summed E-state index contributed by atoms with van der Waals surface area (Å²) in [4.78, 5) is 26.1. The smallest absolute Gasteiger partial charge is 0.277 e. The van der Waals surface area contributed by atoms with Gasteiger partial charge >= 0.3 is 0 Å². The minimum atomic E-state index is -0.252. The number of aryl methyl sites for hydroxylation is 2. The predicted molar refractivity (Wildman–Crippen MR) is 267 cm³/mol. The number of fused-ring (bicyclic) bond motifs is 10. The van der Waals surface area contributed by atoms with E-state index in [1.165, 1.54) is 33.4 Å². The average molecular weight is 919 g/mol. The maximum Gasteiger partial charge on any atom is 0.277 e. The van der Waals surface area contributed by atoms with E-state index in [1.54, 1.807) is 0 Å². The van der Waals surface area contributed by atoms with Crippen molar-refractivity contribution in [1.29, 1.82) is 0 Å². The summed E-state index contributed by atoms with van der Waals surface area (Å²) in [5, 5.41) is 29.6. The zero-order valence-electron chi connectivity index (χ0n) is 40.4. The quantitative estimate of drug-likeness (QED) is 0.0984. The third-order valence-corrected chi connectivity index (χ3v) is 18.3. The number of carbonyl (C=O) groups is 2. The van der Waals surface area contributed by atoms with Crippen molar-refractivity contribution in [2.24, 2.45) is 44.7 Å². The number of nitrogens with one attached hydrogen (secondary N) is 2. The summed E-state index contributed by atoms with van der Waals surface area (Å²) in [6.45, 7) is 8.95. The lowest BCUT2D eigenvalue weighted by atomic mass is 9.55. The van der Waals surface area contributed by atoms with Gasteiger partial charge in [0.2, 0.25) is 0 Å². The van der Waals surface area contributed by atoms with Crippen molar-refractivity contribution in [3.63, 3.8) is 0 Å². The third kappa shape index (κ3) is 8.70. The molecule has 10 nitrogen and oxygen atoms in total. The summed E-state index contributed by atoms with van der Waals surface area (Å²) in [6, 6.07) is 28.2. The van der Waals surface area contributed by atoms with Crippen molar-refractivity contribution in [3.8, 4) is 23.0 Å². The topological polar surface area (TPSA) is 142 Å². The lowest BCUT2D eigenvalue weighted by Gasteiger charge is -2.49. The number of hydrogen-bond acceptors (Lipinski definition) is 8. The molecule has 0 saturated heterocycles. The maximum atomic E-state index is 13.0. The third-order valence-electron chi connectivity index (χ3n) is 18.3. The van der Waals surface area contributed by atoms with Gasteiger partial charge in [0.25, 0.3) is 11.8 Å². The van der Waals surface area contributed by atoms with Crippen LogP contribution in [0.4, 0.5) is 0 Å². The minimum Gasteiger partial charge on any atom is -0.508 e. The summed E-state index contributed by atoms with van der Waals surface area (Å²) in [6.07, 6.45) is 14.6. The SMILES string of the molecule is CCC(c1ccc(OCC(=O)N/N=C2/CCC3C4CCc5cc(O)ccc5C4CCC23C)cc1)C(CC)c1ccc(OCC(=O)N/N=C2\CCC3C4CCc5cc(O)ccc5C4CCC23C)cc1. The monoisotopic (exact) mass is 919 g/mol. The van der Waals surface area contributed by atoms with Crippen LogP contribution in [0.5, 0.6) is 23.0 Å². The molecule has 4 aromatic rings. The molecule has 0 spiro atoms. The van der Waals surface area contributed by atoms with Crippen LogP contribution in [0.25, 0.3) is 0 Å². The van der Waals surface area contributed by atoms with E-state index in [4.69, 9.17) is 19.7 Å². The van der Waals surface area contributed by atoms with Crippen LogP contribution >= 0.6 is 0 Å². The molecule has 358 valence electrons. The average Bonchev–Trinajstić information content (AvgIpc) is 3.88. The van der Waals surface area contributed by atoms with Gasteiger partial charge < -0.3 is 19.7 Å². The fraction of sp³-hybridized carbons (Fsp3) is 0.517. The lowest BCUT2D eigenvalue weighted by molar-refractivity contribution is -0.123. The molecule has 0 heterocycles. The number of hydrazone groups is 2. The number of carbonyl (C=O) groups excluding carboxylic acids is 2. The largest absolute Gasteiger partial charge is 0.508 e. The number of rotatable bonds is 13. The molecule has 0 radical (unpaired) electrons. The molecular weight excluding hydrogens is 849 g/mol. The number of ether oxygens (including phenoxy) is 2. The van der Waals surface area contributed by atoms with Crippen molar-refractivity contribution in [3.05, 3.63) is 118 Å². The van der Waals surface area contributed by atoms with E-state index >= 15 is 0 Å². The maximum absolute atomic E-state index is 13.0. The van der Waals surface area contributed by atoms with Gasteiger partial charge in [-0.05, 0) is 219 Å². The summed E-state index contributed by atoms with van der Waals surface area (Å²) in [7, 11) is 0. The van der Waals surface area contributed by atoms with Crippen LogP contribution in [0, 0.1) is 34.5 Å². The Morgan fingerprint density at radius 2 is 1.00 bits per heavy atom. The van der Waals surface area contributed by atoms with Gasteiger partial charge in [0.05, 0.1) is 0 Å². The highest BCUT2D eigenvalue weighted by Gasteiger charge is 2.55. The molecule has 4 N–H and O–H groups in total. The molecule has 4 saturated carbocycles. The Morgan fingerprint density at radius 1 is 0.588 bits per heavy atom. The number of phenols is 2. The van der Waals surface area contributed by atoms with Crippen LogP contribution in [0.2, 0.25) is 0 Å². The molecule has 10 unspecified atom stereocenters. The number of amides is 2. The summed E-state index contributed by atoms with van der Waals surface area (Å²) in [5.74, 6) is 5.46. The molecular formula is C58H70N4O6. The Hall–Kier alpha value is -5.64. The molecule has 10 heteroatoms. The molecule has 68 heavy (non-hydrogen) atoms. The highest BCUT2D eigenvalue weighted by atomic mass is 16.5. The fourth-order valence-electron chi connectivity index (χ4n) is 14.8. The molecule has 0 bridgehead atoms. The number of benzene rings is 4. The second-order valence-corrected chi connectivity index (χ2v) is 21.5. The summed E-state index contributed by atoms with van der Waals surface area (Å²) in [5.41, 5.74) is 15.8. The molecule has 0 aromatic heterocycles. The first-order valence-electron chi connectivity index (χ1n) is 25.8. The van der Waals surface area contributed by atoms with E-state index in [2.05, 4.69) is 74.9 Å².